The van der Waals surface area contributed by atoms with Crippen LogP contribution in [0.15, 0.2) is 18.6 Å². The number of hydrogen-bond donors (Lipinski definition) is 1. The molecule has 80 valence electrons. The van der Waals surface area contributed by atoms with Gasteiger partial charge in [0.05, 0.1) is 17.6 Å². The molecule has 0 unspecified atom stereocenters. The van der Waals surface area contributed by atoms with Gasteiger partial charge in [0.2, 0.25) is 0 Å². The molecule has 0 amide bonds. The maximum atomic E-state index is 4.45. The number of H-pyrrole nitrogens is 1. The van der Waals surface area contributed by atoms with Gasteiger partial charge in [-0.2, -0.15) is 15.4 Å². The van der Waals surface area contributed by atoms with Crippen LogP contribution in [0.2, 0.25) is 0 Å². The Morgan fingerprint density at radius 2 is 1.88 bits per heavy atom. The molecule has 3 aromatic rings. The van der Waals surface area contributed by atoms with Crippen molar-refractivity contribution in [3.63, 3.8) is 0 Å². The van der Waals surface area contributed by atoms with Crippen LogP contribution in [0.5, 0.6) is 0 Å². The van der Waals surface area contributed by atoms with Crippen LogP contribution in [0.1, 0.15) is 11.4 Å². The molecule has 0 atom stereocenters. The molecule has 1 N–H and O–H groups in total. The normalized spacial score (nSPS) is 11.1. The number of rotatable bonds is 1. The number of fused-ring (bicyclic) bond motifs is 1. The summed E-state index contributed by atoms with van der Waals surface area (Å²) in [5.74, 6) is 0. The maximum Gasteiger partial charge on any atom is 0.165 e. The number of aromatic amines is 1. The van der Waals surface area contributed by atoms with Crippen molar-refractivity contribution < 1.29 is 0 Å². The van der Waals surface area contributed by atoms with Gasteiger partial charge in [0.1, 0.15) is 11.4 Å². The summed E-state index contributed by atoms with van der Waals surface area (Å²) in [5, 5.41) is 10.4. The molecule has 0 bridgehead atoms. The molecule has 0 saturated heterocycles. The van der Waals surface area contributed by atoms with Gasteiger partial charge in [-0.05, 0) is 13.8 Å². The van der Waals surface area contributed by atoms with E-state index in [0.717, 1.165) is 22.7 Å². The number of imidazole rings is 1. The molecule has 3 aromatic heterocycles. The highest BCUT2D eigenvalue weighted by Crippen LogP contribution is 2.19. The lowest BCUT2D eigenvalue weighted by molar-refractivity contribution is 0.939. The van der Waals surface area contributed by atoms with Crippen LogP contribution in [-0.2, 0) is 0 Å². The molecule has 0 radical (unpaired) electrons. The lowest BCUT2D eigenvalue weighted by Crippen LogP contribution is -1.95. The molecule has 0 spiro atoms. The second-order valence-corrected chi connectivity index (χ2v) is 3.70. The van der Waals surface area contributed by atoms with E-state index in [1.54, 1.807) is 6.20 Å². The van der Waals surface area contributed by atoms with E-state index >= 15 is 0 Å². The average Bonchev–Trinajstić information content (AvgIpc) is 2.83. The van der Waals surface area contributed by atoms with Gasteiger partial charge in [0.25, 0.3) is 0 Å². The molecule has 0 aliphatic carbocycles. The summed E-state index contributed by atoms with van der Waals surface area (Å²) >= 11 is 0. The Bertz CT molecular complexity index is 637. The summed E-state index contributed by atoms with van der Waals surface area (Å²) in [4.78, 5) is 8.88. The third-order valence-electron chi connectivity index (χ3n) is 2.34. The first-order valence-electron chi connectivity index (χ1n) is 4.93. The van der Waals surface area contributed by atoms with E-state index < -0.39 is 0 Å². The zero-order valence-electron chi connectivity index (χ0n) is 8.97. The van der Waals surface area contributed by atoms with Gasteiger partial charge in [0.15, 0.2) is 5.65 Å². The van der Waals surface area contributed by atoms with Crippen molar-refractivity contribution in [2.75, 3.05) is 0 Å². The van der Waals surface area contributed by atoms with Crippen LogP contribution in [0, 0.1) is 13.8 Å². The summed E-state index contributed by atoms with van der Waals surface area (Å²) in [6, 6.07) is 0. The van der Waals surface area contributed by atoms with Crippen molar-refractivity contribution in [1.29, 1.82) is 0 Å². The van der Waals surface area contributed by atoms with E-state index in [1.165, 1.54) is 0 Å². The predicted molar refractivity (Wildman–Crippen MR) is 57.8 cm³/mol. The lowest BCUT2D eigenvalue weighted by atomic mass is 10.3. The maximum absolute atomic E-state index is 4.45. The molecular formula is C10H10N6. The third kappa shape index (κ3) is 1.27. The van der Waals surface area contributed by atoms with E-state index in [0.29, 0.717) is 5.69 Å². The van der Waals surface area contributed by atoms with Crippen molar-refractivity contribution in [3.05, 3.63) is 30.0 Å². The van der Waals surface area contributed by atoms with Gasteiger partial charge in [-0.1, -0.05) is 0 Å². The number of nitrogens with one attached hydrogen (secondary N) is 1. The van der Waals surface area contributed by atoms with E-state index in [9.17, 15) is 0 Å². The first-order valence-corrected chi connectivity index (χ1v) is 4.93. The van der Waals surface area contributed by atoms with Gasteiger partial charge < -0.3 is 4.40 Å². The Morgan fingerprint density at radius 1 is 1.12 bits per heavy atom. The topological polar surface area (TPSA) is 71.8 Å². The molecule has 0 aliphatic rings. The number of aryl methyl sites for hydroxylation is 2. The van der Waals surface area contributed by atoms with Crippen LogP contribution in [-0.4, -0.2) is 29.8 Å². The first kappa shape index (κ1) is 9.02. The van der Waals surface area contributed by atoms with Crippen LogP contribution < -0.4 is 0 Å². The first-order chi connectivity index (χ1) is 7.74. The van der Waals surface area contributed by atoms with Crippen molar-refractivity contribution in [2.45, 2.75) is 13.8 Å². The molecule has 0 saturated carbocycles. The summed E-state index contributed by atoms with van der Waals surface area (Å²) in [5.41, 5.74) is 4.14. The summed E-state index contributed by atoms with van der Waals surface area (Å²) in [6.45, 7) is 3.90. The molecule has 0 fully saturated rings. The third-order valence-corrected chi connectivity index (χ3v) is 2.34. The highest BCUT2D eigenvalue weighted by molar-refractivity contribution is 5.70. The predicted octanol–water partition coefficient (Wildman–Crippen LogP) is 1.13. The minimum absolute atomic E-state index is 0.708. The Hall–Kier alpha value is -2.24. The number of aromatic nitrogens is 6. The fraction of sp³-hybridized carbons (Fsp3) is 0.200. The van der Waals surface area contributed by atoms with Gasteiger partial charge >= 0.3 is 0 Å². The van der Waals surface area contributed by atoms with Crippen molar-refractivity contribution in [2.24, 2.45) is 0 Å². The minimum Gasteiger partial charge on any atom is -0.303 e. The number of hydrogen-bond acceptors (Lipinski definition) is 4. The van der Waals surface area contributed by atoms with E-state index in [2.05, 4.69) is 25.4 Å². The zero-order valence-corrected chi connectivity index (χ0v) is 8.97. The molecule has 16 heavy (non-hydrogen) atoms. The smallest absolute Gasteiger partial charge is 0.165 e. The van der Waals surface area contributed by atoms with E-state index in [-0.39, 0.29) is 0 Å². The van der Waals surface area contributed by atoms with Crippen LogP contribution in [0.3, 0.4) is 0 Å². The summed E-state index contributed by atoms with van der Waals surface area (Å²) in [6.07, 6.45) is 5.55. The molecule has 6 nitrogen and oxygen atoms in total. The second kappa shape index (κ2) is 3.13. The molecule has 0 aromatic carbocycles. The van der Waals surface area contributed by atoms with Gasteiger partial charge in [-0.15, -0.1) is 0 Å². The largest absolute Gasteiger partial charge is 0.303 e. The van der Waals surface area contributed by atoms with E-state index in [4.69, 9.17) is 0 Å². The van der Waals surface area contributed by atoms with Gasteiger partial charge in [-0.3, -0.25) is 0 Å². The zero-order chi connectivity index (χ0) is 11.1. The van der Waals surface area contributed by atoms with Crippen LogP contribution in [0.4, 0.5) is 0 Å². The fourth-order valence-corrected chi connectivity index (χ4v) is 1.73. The Labute approximate surface area is 91.4 Å². The molecular weight excluding hydrogens is 204 g/mol. The van der Waals surface area contributed by atoms with Crippen molar-refractivity contribution in [1.82, 2.24) is 29.8 Å². The minimum atomic E-state index is 0.708. The molecule has 0 aliphatic heterocycles. The lowest BCUT2D eigenvalue weighted by Gasteiger charge is -2.00. The Kier molecular flexibility index (Phi) is 1.76. The SMILES string of the molecule is Cc1cn2cc(C)nc2c(-c2cn[nH]n2)n1. The highest BCUT2D eigenvalue weighted by Gasteiger charge is 2.11. The fourth-order valence-electron chi connectivity index (χ4n) is 1.73. The molecule has 6 heteroatoms. The van der Waals surface area contributed by atoms with Crippen molar-refractivity contribution >= 4 is 5.65 Å². The van der Waals surface area contributed by atoms with Crippen molar-refractivity contribution in [3.8, 4) is 11.4 Å². The monoisotopic (exact) mass is 214 g/mol. The quantitative estimate of drug-likeness (QED) is 0.659. The van der Waals surface area contributed by atoms with E-state index in [1.807, 2.05) is 30.6 Å². The van der Waals surface area contributed by atoms with Crippen LogP contribution in [0.25, 0.3) is 17.0 Å². The number of nitrogens with zero attached hydrogens (tertiary/aromatic N) is 5. The van der Waals surface area contributed by atoms with Gasteiger partial charge in [0, 0.05) is 12.4 Å². The molecule has 3 heterocycles. The van der Waals surface area contributed by atoms with Crippen LogP contribution >= 0.6 is 0 Å². The van der Waals surface area contributed by atoms with Gasteiger partial charge in [-0.25, -0.2) is 9.97 Å². The standard InChI is InChI=1S/C10H10N6/c1-6-4-16-5-7(2)13-10(16)9(12-6)8-3-11-15-14-8/h3-5H,1-2H3,(H,11,14,15). The Balaban J connectivity index is 2.38. The second-order valence-electron chi connectivity index (χ2n) is 3.70. The average molecular weight is 214 g/mol. The Morgan fingerprint density at radius 3 is 2.56 bits per heavy atom. The highest BCUT2D eigenvalue weighted by atomic mass is 15.3. The summed E-state index contributed by atoms with van der Waals surface area (Å²) < 4.78 is 1.96. The summed E-state index contributed by atoms with van der Waals surface area (Å²) in [7, 11) is 0. The molecule has 3 rings (SSSR count).